The van der Waals surface area contributed by atoms with Gasteiger partial charge in [-0.1, -0.05) is 6.92 Å². The number of benzene rings is 1. The number of nitrogen functional groups attached to an aromatic ring is 1. The lowest BCUT2D eigenvalue weighted by atomic mass is 9.96. The molecule has 0 heterocycles. The number of esters is 1. The van der Waals surface area contributed by atoms with Crippen molar-refractivity contribution >= 4 is 11.7 Å². The average Bonchev–Trinajstić information content (AvgIpc) is 2.39. The lowest BCUT2D eigenvalue weighted by molar-refractivity contribution is -0.139. The van der Waals surface area contributed by atoms with Crippen LogP contribution in [0.5, 0.6) is 0 Å². The fraction of sp³-hybridized carbons (Fsp3) is 0.462. The molecule has 2 N–H and O–H groups in total. The highest BCUT2D eigenvalue weighted by atomic mass is 19.4. The summed E-state index contributed by atoms with van der Waals surface area (Å²) >= 11 is 0. The third kappa shape index (κ3) is 3.22. The van der Waals surface area contributed by atoms with Crippen molar-refractivity contribution in [2.75, 3.05) is 20.0 Å². The molecule has 0 aromatic heterocycles. The predicted octanol–water partition coefficient (Wildman–Crippen LogP) is 3.17. The number of ether oxygens (including phenoxy) is 2. The van der Waals surface area contributed by atoms with Crippen LogP contribution in [-0.4, -0.2) is 20.2 Å². The Morgan fingerprint density at radius 3 is 2.35 bits per heavy atom. The van der Waals surface area contributed by atoms with Crippen LogP contribution in [0.1, 0.15) is 40.9 Å². The summed E-state index contributed by atoms with van der Waals surface area (Å²) in [4.78, 5) is 11.5. The van der Waals surface area contributed by atoms with Crippen LogP contribution in [0.4, 0.5) is 18.9 Å². The van der Waals surface area contributed by atoms with E-state index in [4.69, 9.17) is 10.5 Å². The Labute approximate surface area is 114 Å². The third-order valence-electron chi connectivity index (χ3n) is 2.93. The van der Waals surface area contributed by atoms with Gasteiger partial charge < -0.3 is 15.2 Å². The maximum absolute atomic E-state index is 13.0. The lowest BCUT2D eigenvalue weighted by Crippen LogP contribution is -2.16. The van der Waals surface area contributed by atoms with E-state index < -0.39 is 23.8 Å². The van der Waals surface area contributed by atoms with Crippen LogP contribution in [0.3, 0.4) is 0 Å². The number of anilines is 1. The van der Waals surface area contributed by atoms with Crippen LogP contribution in [0.15, 0.2) is 12.1 Å². The molecule has 4 nitrogen and oxygen atoms in total. The molecule has 0 radical (unpaired) electrons. The van der Waals surface area contributed by atoms with E-state index >= 15 is 0 Å². The molecule has 0 aliphatic rings. The van der Waals surface area contributed by atoms with Gasteiger partial charge in [0.2, 0.25) is 0 Å². The number of carbonyl (C=O) groups excluding carboxylic acids is 1. The van der Waals surface area contributed by atoms with Gasteiger partial charge in [0.15, 0.2) is 0 Å². The minimum atomic E-state index is -4.58. The second kappa shape index (κ2) is 6.13. The number of nitrogens with two attached hydrogens (primary N) is 1. The minimum absolute atomic E-state index is 0.106. The van der Waals surface area contributed by atoms with Gasteiger partial charge in [-0.3, -0.25) is 0 Å². The highest BCUT2D eigenvalue weighted by Gasteiger charge is 2.36. The molecule has 0 amide bonds. The van der Waals surface area contributed by atoms with Crippen LogP contribution in [0.25, 0.3) is 0 Å². The first-order chi connectivity index (χ1) is 9.26. The highest BCUT2D eigenvalue weighted by molar-refractivity contribution is 5.95. The number of carbonyl (C=O) groups is 1. The van der Waals surface area contributed by atoms with E-state index in [1.165, 1.54) is 7.11 Å². The summed E-state index contributed by atoms with van der Waals surface area (Å²) in [7, 11) is 2.44. The molecule has 7 heteroatoms. The Morgan fingerprint density at radius 2 is 1.95 bits per heavy atom. The summed E-state index contributed by atoms with van der Waals surface area (Å²) in [6.45, 7) is 1.68. The van der Waals surface area contributed by atoms with Gasteiger partial charge in [0.05, 0.1) is 24.3 Å². The Bertz CT molecular complexity index is 496. The average molecular weight is 291 g/mol. The van der Waals surface area contributed by atoms with E-state index in [2.05, 4.69) is 4.74 Å². The summed E-state index contributed by atoms with van der Waals surface area (Å²) in [5, 5.41) is 0. The van der Waals surface area contributed by atoms with Gasteiger partial charge in [0.25, 0.3) is 0 Å². The number of methoxy groups -OCH3 is 2. The van der Waals surface area contributed by atoms with Crippen molar-refractivity contribution in [2.24, 2.45) is 0 Å². The topological polar surface area (TPSA) is 61.5 Å². The molecule has 0 spiro atoms. The van der Waals surface area contributed by atoms with E-state index in [-0.39, 0.29) is 16.8 Å². The monoisotopic (exact) mass is 291 g/mol. The van der Waals surface area contributed by atoms with Crippen molar-refractivity contribution in [3.05, 3.63) is 28.8 Å². The zero-order valence-electron chi connectivity index (χ0n) is 11.4. The van der Waals surface area contributed by atoms with Crippen molar-refractivity contribution in [2.45, 2.75) is 25.6 Å². The van der Waals surface area contributed by atoms with Gasteiger partial charge in [0, 0.05) is 12.8 Å². The van der Waals surface area contributed by atoms with Crippen LogP contribution in [0, 0.1) is 0 Å². The lowest BCUT2D eigenvalue weighted by Gasteiger charge is -2.21. The molecule has 20 heavy (non-hydrogen) atoms. The molecule has 1 aromatic carbocycles. The maximum Gasteiger partial charge on any atom is 0.416 e. The molecule has 0 aliphatic carbocycles. The van der Waals surface area contributed by atoms with Crippen molar-refractivity contribution in [1.29, 1.82) is 0 Å². The van der Waals surface area contributed by atoms with Crippen molar-refractivity contribution < 1.29 is 27.4 Å². The molecule has 0 aliphatic heterocycles. The summed E-state index contributed by atoms with van der Waals surface area (Å²) in [6.07, 6.45) is -5.04. The molecule has 1 aromatic rings. The smallest absolute Gasteiger partial charge is 0.416 e. The van der Waals surface area contributed by atoms with E-state index in [0.29, 0.717) is 6.42 Å². The number of hydrogen-bond donors (Lipinski definition) is 1. The fourth-order valence-corrected chi connectivity index (χ4v) is 1.95. The van der Waals surface area contributed by atoms with Crippen molar-refractivity contribution in [1.82, 2.24) is 0 Å². The summed E-state index contributed by atoms with van der Waals surface area (Å²) in [5.74, 6) is -0.788. The molecule has 1 atom stereocenters. The summed E-state index contributed by atoms with van der Waals surface area (Å²) in [6, 6.07) is 1.82. The number of rotatable bonds is 4. The van der Waals surface area contributed by atoms with E-state index in [0.717, 1.165) is 19.2 Å². The molecular formula is C13H16F3NO3. The first-order valence-corrected chi connectivity index (χ1v) is 5.87. The SMILES string of the molecule is CCC(OC)c1cc(C(=O)OC)c(N)cc1C(F)(F)F. The minimum Gasteiger partial charge on any atom is -0.465 e. The number of halogens is 3. The zero-order chi connectivity index (χ0) is 15.5. The van der Waals surface area contributed by atoms with E-state index in [9.17, 15) is 18.0 Å². The molecule has 0 bridgehead atoms. The predicted molar refractivity (Wildman–Crippen MR) is 67.2 cm³/mol. The molecular weight excluding hydrogens is 275 g/mol. The summed E-state index contributed by atoms with van der Waals surface area (Å²) in [5.41, 5.74) is 4.09. The highest BCUT2D eigenvalue weighted by Crippen LogP contribution is 2.39. The second-order valence-corrected chi connectivity index (χ2v) is 4.15. The van der Waals surface area contributed by atoms with Gasteiger partial charge in [0.1, 0.15) is 0 Å². The Hall–Kier alpha value is -1.76. The van der Waals surface area contributed by atoms with Crippen LogP contribution >= 0.6 is 0 Å². The molecule has 0 saturated heterocycles. The van der Waals surface area contributed by atoms with Crippen molar-refractivity contribution in [3.63, 3.8) is 0 Å². The summed E-state index contributed by atoms with van der Waals surface area (Å²) < 4.78 is 48.7. The molecule has 0 fully saturated rings. The van der Waals surface area contributed by atoms with Crippen molar-refractivity contribution in [3.8, 4) is 0 Å². The van der Waals surface area contributed by atoms with Gasteiger partial charge in [-0.15, -0.1) is 0 Å². The normalized spacial score (nSPS) is 13.1. The maximum atomic E-state index is 13.0. The third-order valence-corrected chi connectivity index (χ3v) is 2.93. The number of hydrogen-bond acceptors (Lipinski definition) is 4. The van der Waals surface area contributed by atoms with Gasteiger partial charge in [-0.05, 0) is 24.1 Å². The molecule has 112 valence electrons. The first-order valence-electron chi connectivity index (χ1n) is 5.87. The Morgan fingerprint density at radius 1 is 1.35 bits per heavy atom. The zero-order valence-corrected chi connectivity index (χ0v) is 11.4. The Kier molecular flexibility index (Phi) is 4.99. The van der Waals surface area contributed by atoms with Crippen LogP contribution in [0.2, 0.25) is 0 Å². The van der Waals surface area contributed by atoms with E-state index in [1.54, 1.807) is 6.92 Å². The van der Waals surface area contributed by atoms with E-state index in [1.807, 2.05) is 0 Å². The standard InChI is InChI=1S/C13H16F3NO3/c1-4-11(19-2)7-5-8(12(18)20-3)10(17)6-9(7)13(14,15)16/h5-6,11H,4,17H2,1-3H3. The van der Waals surface area contributed by atoms with Gasteiger partial charge in [-0.25, -0.2) is 4.79 Å². The molecule has 1 rings (SSSR count). The second-order valence-electron chi connectivity index (χ2n) is 4.15. The first kappa shape index (κ1) is 16.3. The number of alkyl halides is 3. The molecule has 0 saturated carbocycles. The quantitative estimate of drug-likeness (QED) is 0.683. The van der Waals surface area contributed by atoms with Crippen LogP contribution < -0.4 is 5.73 Å². The van der Waals surface area contributed by atoms with Crippen LogP contribution in [-0.2, 0) is 15.7 Å². The Balaban J connectivity index is 3.53. The molecule has 1 unspecified atom stereocenters. The van der Waals surface area contributed by atoms with Gasteiger partial charge in [-0.2, -0.15) is 13.2 Å². The largest absolute Gasteiger partial charge is 0.465 e. The fourth-order valence-electron chi connectivity index (χ4n) is 1.95. The van der Waals surface area contributed by atoms with Gasteiger partial charge >= 0.3 is 12.1 Å².